The molecule has 0 aromatic rings. The first-order valence-electron chi connectivity index (χ1n) is 5.85. The van der Waals surface area contributed by atoms with E-state index in [0.717, 1.165) is 6.08 Å². The van der Waals surface area contributed by atoms with Gasteiger partial charge in [-0.3, -0.25) is 0 Å². The van der Waals surface area contributed by atoms with Crippen molar-refractivity contribution >= 4 is 14.3 Å². The maximum absolute atomic E-state index is 10.2. The lowest BCUT2D eigenvalue weighted by Crippen LogP contribution is -2.40. The van der Waals surface area contributed by atoms with Crippen molar-refractivity contribution in [2.24, 2.45) is 0 Å². The Hall–Kier alpha value is -0.873. The molecule has 0 aliphatic rings. The molecular weight excluding hydrogens is 232 g/mol. The molecule has 0 amide bonds. The minimum Gasteiger partial charge on any atom is -0.478 e. The molecule has 0 saturated heterocycles. The average Bonchev–Trinajstić information content (AvgIpc) is 2.13. The summed E-state index contributed by atoms with van der Waals surface area (Å²) in [6.45, 7) is 11.7. The summed E-state index contributed by atoms with van der Waals surface area (Å²) in [6.07, 6.45) is 7.27. The molecule has 0 heterocycles. The number of hydrogen-bond donors (Lipinski definition) is 1. The van der Waals surface area contributed by atoms with Crippen LogP contribution in [0.2, 0.25) is 18.1 Å². The number of carbonyl (C=O) groups is 1. The highest BCUT2D eigenvalue weighted by Crippen LogP contribution is 2.36. The van der Waals surface area contributed by atoms with Crippen molar-refractivity contribution in [3.8, 4) is 0 Å². The first kappa shape index (κ1) is 16.1. The summed E-state index contributed by atoms with van der Waals surface area (Å²) in [5, 5.41) is 8.61. The van der Waals surface area contributed by atoms with Crippen LogP contribution in [0.4, 0.5) is 0 Å². The van der Waals surface area contributed by atoms with Crippen molar-refractivity contribution < 1.29 is 14.3 Å². The maximum Gasteiger partial charge on any atom is 0.327 e. The number of carboxylic acids is 1. The molecule has 0 aromatic carbocycles. The van der Waals surface area contributed by atoms with Gasteiger partial charge in [-0.25, -0.2) is 4.79 Å². The van der Waals surface area contributed by atoms with Crippen molar-refractivity contribution in [2.75, 3.05) is 6.61 Å². The molecule has 0 spiro atoms. The Labute approximate surface area is 105 Å². The predicted octanol–water partition coefficient (Wildman–Crippen LogP) is 3.60. The third-order valence-corrected chi connectivity index (χ3v) is 7.55. The maximum atomic E-state index is 10.2. The van der Waals surface area contributed by atoms with E-state index in [9.17, 15) is 4.79 Å². The minimum absolute atomic E-state index is 0.226. The van der Waals surface area contributed by atoms with Crippen LogP contribution in [0.5, 0.6) is 0 Å². The molecule has 0 aromatic heterocycles. The van der Waals surface area contributed by atoms with Gasteiger partial charge < -0.3 is 9.53 Å². The van der Waals surface area contributed by atoms with Crippen molar-refractivity contribution in [3.63, 3.8) is 0 Å². The van der Waals surface area contributed by atoms with Crippen molar-refractivity contribution in [1.82, 2.24) is 0 Å². The van der Waals surface area contributed by atoms with Crippen LogP contribution in [-0.4, -0.2) is 26.0 Å². The third-order valence-electron chi connectivity index (χ3n) is 3.05. The molecule has 3 nitrogen and oxygen atoms in total. The number of aliphatic carboxylic acids is 1. The van der Waals surface area contributed by atoms with Crippen LogP contribution in [0.1, 0.15) is 27.2 Å². The van der Waals surface area contributed by atoms with E-state index < -0.39 is 14.3 Å². The topological polar surface area (TPSA) is 46.5 Å². The smallest absolute Gasteiger partial charge is 0.327 e. The van der Waals surface area contributed by atoms with Crippen LogP contribution >= 0.6 is 0 Å². The molecule has 0 radical (unpaired) electrons. The Kier molecular flexibility index (Phi) is 6.42. The van der Waals surface area contributed by atoms with E-state index in [2.05, 4.69) is 33.9 Å². The van der Waals surface area contributed by atoms with Crippen molar-refractivity contribution in [2.45, 2.75) is 45.3 Å². The van der Waals surface area contributed by atoms with E-state index in [0.29, 0.717) is 13.0 Å². The summed E-state index contributed by atoms with van der Waals surface area (Å²) in [4.78, 5) is 10.2. The van der Waals surface area contributed by atoms with Gasteiger partial charge in [-0.15, -0.1) is 0 Å². The fourth-order valence-corrected chi connectivity index (χ4v) is 1.83. The summed E-state index contributed by atoms with van der Waals surface area (Å²) in [6, 6.07) is 0. The van der Waals surface area contributed by atoms with E-state index >= 15 is 0 Å². The number of hydrogen-bond acceptors (Lipinski definition) is 2. The SMILES string of the molecule is CC(C)(C)[Si](C)(C)OC/C=C\C/C=C\C(=O)O. The van der Waals surface area contributed by atoms with E-state index in [-0.39, 0.29) is 5.04 Å². The van der Waals surface area contributed by atoms with E-state index in [4.69, 9.17) is 9.53 Å². The molecule has 0 aliphatic heterocycles. The molecule has 0 bridgehead atoms. The van der Waals surface area contributed by atoms with Gasteiger partial charge >= 0.3 is 5.97 Å². The molecular formula is C13H24O3Si. The van der Waals surface area contributed by atoms with Crippen molar-refractivity contribution in [1.29, 1.82) is 0 Å². The zero-order valence-corrected chi connectivity index (χ0v) is 12.5. The van der Waals surface area contributed by atoms with Crippen LogP contribution in [0, 0.1) is 0 Å². The molecule has 0 fully saturated rings. The minimum atomic E-state index is -1.65. The molecule has 0 saturated carbocycles. The molecule has 4 heteroatoms. The third kappa shape index (κ3) is 7.12. The molecule has 0 unspecified atom stereocenters. The van der Waals surface area contributed by atoms with E-state index in [1.165, 1.54) is 0 Å². The second-order valence-corrected chi connectivity index (χ2v) is 10.3. The fourth-order valence-electron chi connectivity index (χ4n) is 0.885. The molecule has 0 aliphatic carbocycles. The Balaban J connectivity index is 3.92. The van der Waals surface area contributed by atoms with Gasteiger partial charge in [0.05, 0.1) is 6.61 Å². The predicted molar refractivity (Wildman–Crippen MR) is 73.7 cm³/mol. The lowest BCUT2D eigenvalue weighted by molar-refractivity contribution is -0.131. The largest absolute Gasteiger partial charge is 0.478 e. The van der Waals surface area contributed by atoms with Crippen LogP contribution in [-0.2, 0) is 9.22 Å². The first-order valence-corrected chi connectivity index (χ1v) is 8.76. The van der Waals surface area contributed by atoms with Crippen LogP contribution in [0.25, 0.3) is 0 Å². The summed E-state index contributed by atoms with van der Waals surface area (Å²) in [5.41, 5.74) is 0. The van der Waals surface area contributed by atoms with Crippen LogP contribution < -0.4 is 0 Å². The van der Waals surface area contributed by atoms with Crippen molar-refractivity contribution in [3.05, 3.63) is 24.3 Å². The van der Waals surface area contributed by atoms with Gasteiger partial charge in [0, 0.05) is 6.08 Å². The normalized spacial score (nSPS) is 13.7. The first-order chi connectivity index (χ1) is 7.67. The van der Waals surface area contributed by atoms with E-state index in [1.807, 2.05) is 12.2 Å². The number of rotatable bonds is 6. The Bertz CT molecular complexity index is 298. The van der Waals surface area contributed by atoms with Crippen LogP contribution in [0.15, 0.2) is 24.3 Å². The summed E-state index contributed by atoms with van der Waals surface area (Å²) in [5.74, 6) is -0.907. The zero-order chi connectivity index (χ0) is 13.5. The van der Waals surface area contributed by atoms with Gasteiger partial charge in [0.15, 0.2) is 8.32 Å². The zero-order valence-electron chi connectivity index (χ0n) is 11.5. The molecule has 17 heavy (non-hydrogen) atoms. The average molecular weight is 256 g/mol. The molecule has 98 valence electrons. The highest BCUT2D eigenvalue weighted by molar-refractivity contribution is 6.74. The molecule has 1 N–H and O–H groups in total. The van der Waals surface area contributed by atoms with Gasteiger partial charge in [0.2, 0.25) is 0 Å². The molecule has 0 rings (SSSR count). The summed E-state index contributed by atoms with van der Waals surface area (Å²) >= 11 is 0. The fraction of sp³-hybridized carbons (Fsp3) is 0.615. The number of carboxylic acid groups (broad SMARTS) is 1. The quantitative estimate of drug-likeness (QED) is 0.449. The lowest BCUT2D eigenvalue weighted by atomic mass is 10.2. The van der Waals surface area contributed by atoms with E-state index in [1.54, 1.807) is 6.08 Å². The van der Waals surface area contributed by atoms with Gasteiger partial charge in [-0.1, -0.05) is 39.0 Å². The van der Waals surface area contributed by atoms with Gasteiger partial charge in [-0.2, -0.15) is 0 Å². The monoisotopic (exact) mass is 256 g/mol. The summed E-state index contributed by atoms with van der Waals surface area (Å²) < 4.78 is 5.93. The van der Waals surface area contributed by atoms with Crippen LogP contribution in [0.3, 0.4) is 0 Å². The van der Waals surface area contributed by atoms with Gasteiger partial charge in [0.25, 0.3) is 0 Å². The van der Waals surface area contributed by atoms with Gasteiger partial charge in [0.1, 0.15) is 0 Å². The lowest BCUT2D eigenvalue weighted by Gasteiger charge is -2.35. The summed E-state index contributed by atoms with van der Waals surface area (Å²) in [7, 11) is -1.65. The highest BCUT2D eigenvalue weighted by Gasteiger charge is 2.36. The standard InChI is InChI=1S/C13H24O3Si/c1-13(2,3)17(4,5)16-11-9-7-6-8-10-12(14)15/h7-10H,6,11H2,1-5H3,(H,14,15)/b9-7-,10-8-. The second kappa shape index (κ2) is 6.76. The second-order valence-electron chi connectivity index (χ2n) is 5.52. The Morgan fingerprint density at radius 3 is 2.29 bits per heavy atom. The number of allylic oxidation sites excluding steroid dienone is 2. The Morgan fingerprint density at radius 2 is 1.82 bits per heavy atom. The highest BCUT2D eigenvalue weighted by atomic mass is 28.4. The molecule has 0 atom stereocenters. The Morgan fingerprint density at radius 1 is 1.24 bits per heavy atom. The van der Waals surface area contributed by atoms with Gasteiger partial charge in [-0.05, 0) is 24.6 Å².